The lowest BCUT2D eigenvalue weighted by molar-refractivity contribution is -0.124. The number of tetrazole rings is 1. The van der Waals surface area contributed by atoms with Gasteiger partial charge >= 0.3 is 0 Å². The number of nitrogens with zero attached hydrogens (tertiary/aromatic N) is 4. The van der Waals surface area contributed by atoms with Crippen molar-refractivity contribution in [3.05, 3.63) is 54.1 Å². The van der Waals surface area contributed by atoms with Crippen molar-refractivity contribution in [2.24, 2.45) is 0 Å². The van der Waals surface area contributed by atoms with Crippen molar-refractivity contribution in [3.8, 4) is 11.4 Å². The molecule has 0 aliphatic rings. The monoisotopic (exact) mass is 556 g/mol. The number of aliphatic hydroxyl groups excluding tert-OH is 1. The molecule has 0 unspecified atom stereocenters. The summed E-state index contributed by atoms with van der Waals surface area (Å²) in [4.78, 5) is 24.9. The Balaban J connectivity index is 2.08. The largest absolute Gasteiger partial charge is 0.387 e. The van der Waals surface area contributed by atoms with Gasteiger partial charge in [-0.1, -0.05) is 88.0 Å². The molecule has 3 N–H and O–H groups in total. The summed E-state index contributed by atoms with van der Waals surface area (Å²) in [7, 11) is 0. The molecule has 0 saturated heterocycles. The van der Waals surface area contributed by atoms with Gasteiger partial charge in [-0.05, 0) is 36.6 Å². The summed E-state index contributed by atoms with van der Waals surface area (Å²) in [5.74, 6) is 0.659. The molecule has 0 aliphatic heterocycles. The molecule has 39 heavy (non-hydrogen) atoms. The molecule has 1 aromatic heterocycles. The Kier molecular flexibility index (Phi) is 15.8. The number of aliphatic hydroxyl groups is 1. The number of amides is 2. The lowest BCUT2D eigenvalue weighted by Crippen LogP contribution is -2.48. The molecule has 10 heteroatoms. The van der Waals surface area contributed by atoms with Gasteiger partial charge in [-0.15, -0.1) is 22.0 Å². The van der Waals surface area contributed by atoms with E-state index in [1.807, 2.05) is 49.4 Å². The zero-order chi connectivity index (χ0) is 28.3. The Morgan fingerprint density at radius 2 is 1.92 bits per heavy atom. The van der Waals surface area contributed by atoms with Gasteiger partial charge in [0.25, 0.3) is 0 Å². The maximum absolute atomic E-state index is 11.8. The van der Waals surface area contributed by atoms with Crippen LogP contribution in [0.3, 0.4) is 0 Å². The van der Waals surface area contributed by atoms with Gasteiger partial charge < -0.3 is 15.3 Å². The number of thioether (sulfide) groups is 1. The van der Waals surface area contributed by atoms with Crippen molar-refractivity contribution in [1.29, 1.82) is 0 Å². The first-order valence-corrected chi connectivity index (χ1v) is 15.0. The molecule has 2 amide bonds. The summed E-state index contributed by atoms with van der Waals surface area (Å²) in [6.45, 7) is 5.99. The van der Waals surface area contributed by atoms with Crippen LogP contribution < -0.4 is 5.32 Å². The Hall–Kier alpha value is -2.98. The Labute approximate surface area is 236 Å². The average molecular weight is 557 g/mol. The maximum Gasteiger partial charge on any atom is 0.218 e. The predicted molar refractivity (Wildman–Crippen MR) is 158 cm³/mol. The molecular weight excluding hydrogens is 512 g/mol. The van der Waals surface area contributed by atoms with Crippen LogP contribution in [-0.4, -0.2) is 66.7 Å². The van der Waals surface area contributed by atoms with Crippen LogP contribution in [0, 0.1) is 0 Å². The third-order valence-corrected chi connectivity index (χ3v) is 7.69. The van der Waals surface area contributed by atoms with E-state index < -0.39 is 12.3 Å². The van der Waals surface area contributed by atoms with Crippen molar-refractivity contribution in [3.63, 3.8) is 0 Å². The minimum absolute atomic E-state index is 0.213. The molecule has 0 aliphatic carbocycles. The minimum Gasteiger partial charge on any atom is -0.387 e. The van der Waals surface area contributed by atoms with Crippen LogP contribution in [0.5, 0.6) is 0 Å². The van der Waals surface area contributed by atoms with E-state index in [0.717, 1.165) is 18.4 Å². The molecule has 0 bridgehead atoms. The second-order valence-electron chi connectivity index (χ2n) is 9.48. The van der Waals surface area contributed by atoms with Crippen molar-refractivity contribution >= 4 is 24.1 Å². The molecule has 1 heterocycles. The van der Waals surface area contributed by atoms with E-state index in [1.54, 1.807) is 4.90 Å². The van der Waals surface area contributed by atoms with E-state index in [1.165, 1.54) is 63.6 Å². The fraction of sp³-hybridized carbons (Fsp3) is 0.552. The van der Waals surface area contributed by atoms with Crippen LogP contribution in [0.25, 0.3) is 11.4 Å². The predicted octanol–water partition coefficient (Wildman–Crippen LogP) is 5.20. The first-order valence-electron chi connectivity index (χ1n) is 13.9. The normalized spacial score (nSPS) is 13.9. The zero-order valence-corrected chi connectivity index (χ0v) is 24.3. The average Bonchev–Trinajstić information content (AvgIpc) is 3.48. The number of allylic oxidation sites excluding steroid dienone is 3. The van der Waals surface area contributed by atoms with Crippen LogP contribution in [0.2, 0.25) is 0 Å². The number of nitrogens with one attached hydrogen (secondary N) is 2. The highest BCUT2D eigenvalue weighted by Gasteiger charge is 2.24. The Morgan fingerprint density at radius 1 is 1.15 bits per heavy atom. The third kappa shape index (κ3) is 12.2. The van der Waals surface area contributed by atoms with Crippen LogP contribution in [0.15, 0.2) is 48.6 Å². The van der Waals surface area contributed by atoms with Gasteiger partial charge in [0.2, 0.25) is 18.1 Å². The number of carbonyl (C=O) groups excluding carboxylic acids is 2. The molecule has 9 nitrogen and oxygen atoms in total. The number of unbranched alkanes of at least 4 members (excludes halogenated alkanes) is 7. The summed E-state index contributed by atoms with van der Waals surface area (Å²) in [6, 6.07) is 7.42. The van der Waals surface area contributed by atoms with Crippen molar-refractivity contribution in [2.45, 2.75) is 89.7 Å². The first-order chi connectivity index (χ1) is 19.0. The van der Waals surface area contributed by atoms with Crippen LogP contribution in [0.1, 0.15) is 83.8 Å². The number of aromatic nitrogens is 4. The first kappa shape index (κ1) is 32.2. The smallest absolute Gasteiger partial charge is 0.218 e. The topological polar surface area (TPSA) is 124 Å². The van der Waals surface area contributed by atoms with E-state index in [9.17, 15) is 14.7 Å². The van der Waals surface area contributed by atoms with Crippen LogP contribution in [-0.2, 0) is 9.59 Å². The van der Waals surface area contributed by atoms with Gasteiger partial charge in [-0.25, -0.2) is 0 Å². The Morgan fingerprint density at radius 3 is 2.59 bits per heavy atom. The van der Waals surface area contributed by atoms with Gasteiger partial charge in [0.15, 0.2) is 0 Å². The number of carbonyl (C=O) groups is 2. The molecule has 0 saturated carbocycles. The summed E-state index contributed by atoms with van der Waals surface area (Å²) < 4.78 is 0. The standard InChI is InChI=1S/C29H44N6O3S/c1-4-6-7-8-9-10-11-12-13-14-15-19-26(39-21-27(30-23(3)37)35(5-2)22-36)28(38)24-17-16-18-25(20-24)29-31-33-34-32-29/h13-20,22,26-28,38H,4-12,21H2,1-3H3,(H,30,37)(H,31,32,33,34)/t26-,27-,28+/m1/s1. The molecule has 1 aromatic carbocycles. The van der Waals surface area contributed by atoms with Crippen molar-refractivity contribution in [1.82, 2.24) is 30.8 Å². The number of H-pyrrole nitrogens is 1. The van der Waals surface area contributed by atoms with Crippen LogP contribution >= 0.6 is 11.8 Å². The molecule has 0 radical (unpaired) electrons. The van der Waals surface area contributed by atoms with Gasteiger partial charge in [0.05, 0.1) is 11.4 Å². The minimum atomic E-state index is -0.834. The second-order valence-corrected chi connectivity index (χ2v) is 10.7. The summed E-state index contributed by atoms with van der Waals surface area (Å²) in [5, 5.41) is 28.0. The summed E-state index contributed by atoms with van der Waals surface area (Å²) in [5.41, 5.74) is 1.46. The molecule has 214 valence electrons. The SMILES string of the molecule is CCCCCCCCCC=CC=C[C@@H](SC[C@H](NC(C)=O)N(C=O)CC)[C@@H](O)c1cccc(-c2nn[nH]n2)c1. The van der Waals surface area contributed by atoms with Crippen molar-refractivity contribution in [2.75, 3.05) is 12.3 Å². The molecule has 0 fully saturated rings. The zero-order valence-electron chi connectivity index (χ0n) is 23.5. The van der Waals surface area contributed by atoms with E-state index in [-0.39, 0.29) is 11.2 Å². The number of aromatic amines is 1. The van der Waals surface area contributed by atoms with E-state index >= 15 is 0 Å². The fourth-order valence-corrected chi connectivity index (χ4v) is 5.40. The quantitative estimate of drug-likeness (QED) is 0.0887. The summed E-state index contributed by atoms with van der Waals surface area (Å²) in [6.07, 6.45) is 17.6. The highest BCUT2D eigenvalue weighted by atomic mass is 32.2. The highest BCUT2D eigenvalue weighted by molar-refractivity contribution is 8.00. The number of benzene rings is 1. The molecule has 0 spiro atoms. The molecule has 2 rings (SSSR count). The lowest BCUT2D eigenvalue weighted by Gasteiger charge is -2.29. The second kappa shape index (κ2) is 19.1. The van der Waals surface area contributed by atoms with E-state index in [0.29, 0.717) is 23.7 Å². The van der Waals surface area contributed by atoms with E-state index in [2.05, 4.69) is 38.9 Å². The van der Waals surface area contributed by atoms with Gasteiger partial charge in [-0.3, -0.25) is 9.59 Å². The highest BCUT2D eigenvalue weighted by Crippen LogP contribution is 2.30. The molecular formula is C29H44N6O3S. The molecule has 3 atom stereocenters. The summed E-state index contributed by atoms with van der Waals surface area (Å²) >= 11 is 1.48. The van der Waals surface area contributed by atoms with Gasteiger partial charge in [0.1, 0.15) is 6.17 Å². The number of hydrogen-bond acceptors (Lipinski definition) is 7. The van der Waals surface area contributed by atoms with Gasteiger partial charge in [-0.2, -0.15) is 5.21 Å². The lowest BCUT2D eigenvalue weighted by atomic mass is 10.0. The van der Waals surface area contributed by atoms with Crippen LogP contribution in [0.4, 0.5) is 0 Å². The molecule has 2 aromatic rings. The fourth-order valence-electron chi connectivity index (χ4n) is 4.18. The Bertz CT molecular complexity index is 1010. The number of hydrogen-bond donors (Lipinski definition) is 3. The van der Waals surface area contributed by atoms with Gasteiger partial charge in [0, 0.05) is 24.8 Å². The number of rotatable bonds is 20. The maximum atomic E-state index is 11.8. The van der Waals surface area contributed by atoms with Crippen molar-refractivity contribution < 1.29 is 14.7 Å². The third-order valence-electron chi connectivity index (χ3n) is 6.38. The van der Waals surface area contributed by atoms with E-state index in [4.69, 9.17) is 0 Å².